The molecule has 0 aliphatic carbocycles. The van der Waals surface area contributed by atoms with Gasteiger partial charge in [0.15, 0.2) is 5.43 Å². The van der Waals surface area contributed by atoms with E-state index in [4.69, 9.17) is 0 Å². The summed E-state index contributed by atoms with van der Waals surface area (Å²) in [6.07, 6.45) is 0. The van der Waals surface area contributed by atoms with Crippen molar-refractivity contribution in [3.63, 3.8) is 0 Å². The molecule has 2 nitrogen and oxygen atoms in total. The van der Waals surface area contributed by atoms with Gasteiger partial charge in [-0.3, -0.25) is 4.79 Å². The summed E-state index contributed by atoms with van der Waals surface area (Å²) in [5.41, 5.74) is 7.31. The van der Waals surface area contributed by atoms with E-state index in [2.05, 4.69) is 79.9 Å². The minimum atomic E-state index is 0.111. The highest BCUT2D eigenvalue weighted by molar-refractivity contribution is 5.87. The van der Waals surface area contributed by atoms with Crippen LogP contribution in [0, 0.1) is 13.8 Å². The fourth-order valence-corrected chi connectivity index (χ4v) is 3.79. The van der Waals surface area contributed by atoms with Crippen molar-refractivity contribution >= 4 is 10.9 Å². The Morgan fingerprint density at radius 2 is 1.50 bits per heavy atom. The molecule has 4 rings (SSSR count). The summed E-state index contributed by atoms with van der Waals surface area (Å²) in [5.74, 6) is 0.380. The number of nitrogens with zero attached hydrogens (tertiary/aromatic N) is 1. The fraction of sp³-hybridized carbons (Fsp3) is 0.192. The van der Waals surface area contributed by atoms with Crippen molar-refractivity contribution < 1.29 is 0 Å². The second kappa shape index (κ2) is 7.12. The monoisotopic (exact) mass is 367 g/mol. The summed E-state index contributed by atoms with van der Waals surface area (Å²) in [4.78, 5) is 13.3. The first-order valence-electron chi connectivity index (χ1n) is 9.79. The zero-order valence-electron chi connectivity index (χ0n) is 16.9. The van der Waals surface area contributed by atoms with Gasteiger partial charge in [-0.15, -0.1) is 0 Å². The Hall–Kier alpha value is -3.13. The summed E-state index contributed by atoms with van der Waals surface area (Å²) in [6.45, 7) is 8.35. The van der Waals surface area contributed by atoms with Gasteiger partial charge in [-0.25, -0.2) is 0 Å². The van der Waals surface area contributed by atoms with Gasteiger partial charge in [0, 0.05) is 16.6 Å². The zero-order valence-corrected chi connectivity index (χ0v) is 16.9. The minimum absolute atomic E-state index is 0.111. The van der Waals surface area contributed by atoms with Gasteiger partial charge in [-0.1, -0.05) is 67.9 Å². The van der Waals surface area contributed by atoms with Crippen molar-refractivity contribution in [1.29, 1.82) is 0 Å². The fourth-order valence-electron chi connectivity index (χ4n) is 3.79. The van der Waals surface area contributed by atoms with Crippen molar-refractivity contribution in [2.75, 3.05) is 0 Å². The molecule has 0 saturated carbocycles. The van der Waals surface area contributed by atoms with Crippen LogP contribution < -0.4 is 5.43 Å². The van der Waals surface area contributed by atoms with E-state index in [0.717, 1.165) is 33.4 Å². The second-order valence-electron chi connectivity index (χ2n) is 7.77. The minimum Gasteiger partial charge on any atom is -0.309 e. The van der Waals surface area contributed by atoms with Gasteiger partial charge >= 0.3 is 0 Å². The molecule has 1 heterocycles. The van der Waals surface area contributed by atoms with Crippen molar-refractivity contribution in [3.8, 4) is 16.9 Å². The smallest absolute Gasteiger partial charge is 0.192 e. The summed E-state index contributed by atoms with van der Waals surface area (Å²) >= 11 is 0. The SMILES string of the molecule is Cc1ccc(-n2c(-c3ccccc3)c(C)c(=O)c3cc(C(C)C)ccc32)cc1. The summed E-state index contributed by atoms with van der Waals surface area (Å²) < 4.78 is 2.23. The van der Waals surface area contributed by atoms with Gasteiger partial charge in [-0.2, -0.15) is 0 Å². The Morgan fingerprint density at radius 3 is 2.14 bits per heavy atom. The maximum absolute atomic E-state index is 13.3. The molecule has 0 aliphatic rings. The van der Waals surface area contributed by atoms with Crippen molar-refractivity contribution in [2.45, 2.75) is 33.6 Å². The summed E-state index contributed by atoms with van der Waals surface area (Å²) in [7, 11) is 0. The van der Waals surface area contributed by atoms with Crippen LogP contribution in [0.3, 0.4) is 0 Å². The highest BCUT2D eigenvalue weighted by Crippen LogP contribution is 2.31. The van der Waals surface area contributed by atoms with Crippen LogP contribution in [0.25, 0.3) is 27.8 Å². The molecule has 28 heavy (non-hydrogen) atoms. The predicted molar refractivity (Wildman–Crippen MR) is 119 cm³/mol. The number of aromatic nitrogens is 1. The quantitative estimate of drug-likeness (QED) is 0.411. The molecule has 1 aromatic heterocycles. The molecule has 140 valence electrons. The molecule has 4 aromatic rings. The Kier molecular flexibility index (Phi) is 4.64. The standard InChI is InChI=1S/C26H25NO/c1-17(2)21-12-15-24-23(16-21)26(28)19(4)25(20-8-6-5-7-9-20)27(24)22-13-10-18(3)11-14-22/h5-17H,1-4H3. The maximum Gasteiger partial charge on any atom is 0.192 e. The van der Waals surface area contributed by atoms with Crippen LogP contribution in [-0.4, -0.2) is 4.57 Å². The lowest BCUT2D eigenvalue weighted by atomic mass is 9.97. The van der Waals surface area contributed by atoms with Crippen LogP contribution in [0.4, 0.5) is 0 Å². The van der Waals surface area contributed by atoms with Gasteiger partial charge in [0.05, 0.1) is 11.2 Å². The lowest BCUT2D eigenvalue weighted by Gasteiger charge is -2.21. The molecule has 3 aromatic carbocycles. The largest absolute Gasteiger partial charge is 0.309 e. The third-order valence-corrected chi connectivity index (χ3v) is 5.43. The predicted octanol–water partition coefficient (Wildman–Crippen LogP) is 6.40. The molecule has 0 bridgehead atoms. The molecule has 0 spiro atoms. The molecule has 0 amide bonds. The van der Waals surface area contributed by atoms with Gasteiger partial charge in [0.25, 0.3) is 0 Å². The Bertz CT molecular complexity index is 1200. The molecular formula is C26H25NO. The van der Waals surface area contributed by atoms with Gasteiger partial charge in [0.2, 0.25) is 0 Å². The van der Waals surface area contributed by atoms with E-state index in [1.54, 1.807) is 0 Å². The van der Waals surface area contributed by atoms with Crippen molar-refractivity contribution in [1.82, 2.24) is 4.57 Å². The highest BCUT2D eigenvalue weighted by atomic mass is 16.1. The van der Waals surface area contributed by atoms with Gasteiger partial charge in [0.1, 0.15) is 0 Å². The molecule has 0 radical (unpaired) electrons. The number of pyridine rings is 1. The van der Waals surface area contributed by atoms with E-state index in [9.17, 15) is 4.79 Å². The Labute approximate surface area is 166 Å². The molecule has 0 N–H and O–H groups in total. The zero-order chi connectivity index (χ0) is 19.8. The molecule has 0 fully saturated rings. The van der Waals surface area contributed by atoms with Crippen LogP contribution in [0.1, 0.15) is 36.5 Å². The van der Waals surface area contributed by atoms with Crippen LogP contribution in [0.2, 0.25) is 0 Å². The average molecular weight is 367 g/mol. The number of rotatable bonds is 3. The second-order valence-corrected chi connectivity index (χ2v) is 7.77. The third kappa shape index (κ3) is 3.05. The highest BCUT2D eigenvalue weighted by Gasteiger charge is 2.17. The normalized spacial score (nSPS) is 11.3. The van der Waals surface area contributed by atoms with E-state index in [1.165, 1.54) is 11.1 Å². The topological polar surface area (TPSA) is 22.0 Å². The lowest BCUT2D eigenvalue weighted by molar-refractivity contribution is 0.868. The lowest BCUT2D eigenvalue weighted by Crippen LogP contribution is -2.16. The molecule has 0 atom stereocenters. The first-order chi connectivity index (χ1) is 13.5. The average Bonchev–Trinajstić information content (AvgIpc) is 2.71. The molecule has 0 unspecified atom stereocenters. The first kappa shape index (κ1) is 18.2. The van der Waals surface area contributed by atoms with Crippen LogP contribution in [0.15, 0.2) is 77.6 Å². The number of benzene rings is 3. The number of aryl methyl sites for hydroxylation is 1. The molecule has 0 aliphatic heterocycles. The number of fused-ring (bicyclic) bond motifs is 1. The van der Waals surface area contributed by atoms with Crippen LogP contribution in [0.5, 0.6) is 0 Å². The maximum atomic E-state index is 13.3. The van der Waals surface area contributed by atoms with E-state index >= 15 is 0 Å². The van der Waals surface area contributed by atoms with Crippen LogP contribution >= 0.6 is 0 Å². The molecule has 2 heteroatoms. The van der Waals surface area contributed by atoms with Gasteiger partial charge < -0.3 is 4.57 Å². The first-order valence-corrected chi connectivity index (χ1v) is 9.79. The summed E-state index contributed by atoms with van der Waals surface area (Å²) in [5, 5.41) is 0.781. The summed E-state index contributed by atoms with van der Waals surface area (Å²) in [6, 6.07) is 25.0. The van der Waals surface area contributed by atoms with Crippen molar-refractivity contribution in [2.24, 2.45) is 0 Å². The molecular weight excluding hydrogens is 342 g/mol. The van der Waals surface area contributed by atoms with E-state index < -0.39 is 0 Å². The van der Waals surface area contributed by atoms with E-state index in [0.29, 0.717) is 5.92 Å². The van der Waals surface area contributed by atoms with Crippen LogP contribution in [-0.2, 0) is 0 Å². The third-order valence-electron chi connectivity index (χ3n) is 5.43. The molecule has 0 saturated heterocycles. The van der Waals surface area contributed by atoms with Gasteiger partial charge in [-0.05, 0) is 55.2 Å². The van der Waals surface area contributed by atoms with Crippen molar-refractivity contribution in [3.05, 3.63) is 99.7 Å². The number of hydrogen-bond acceptors (Lipinski definition) is 1. The van der Waals surface area contributed by atoms with E-state index in [-0.39, 0.29) is 5.43 Å². The Morgan fingerprint density at radius 1 is 0.821 bits per heavy atom. The van der Waals surface area contributed by atoms with E-state index in [1.807, 2.05) is 25.1 Å². The Balaban J connectivity index is 2.17. The number of hydrogen-bond donors (Lipinski definition) is 0.